The van der Waals surface area contributed by atoms with Crippen molar-refractivity contribution in [1.82, 2.24) is 15.7 Å². The van der Waals surface area contributed by atoms with E-state index in [-0.39, 0.29) is 44.5 Å². The molecule has 266 valence electrons. The Bertz CT molecular complexity index is 1480. The molecular formula is C37H48IN3O8. The van der Waals surface area contributed by atoms with Crippen LogP contribution in [0.15, 0.2) is 48.5 Å². The molecular weight excluding hydrogens is 741 g/mol. The summed E-state index contributed by atoms with van der Waals surface area (Å²) in [6.45, 7) is 4.75. The van der Waals surface area contributed by atoms with Crippen LogP contribution in [0.3, 0.4) is 0 Å². The number of hydrogen-bond donors (Lipinski definition) is 3. The van der Waals surface area contributed by atoms with Crippen molar-refractivity contribution in [1.29, 1.82) is 0 Å². The number of carbonyl (C=O) groups excluding carboxylic acids is 3. The Labute approximate surface area is 301 Å². The SMILES string of the molecule is CCCCCC1(CCCCC)O[C@@H]2[C@H]3ON(Cc4ccc(I)cc4)[C@H]4C(=O)OC(CC34C(=O)NCc3cccc(C(=O)NCCO)c3)[C@@H]2O1. The number of amides is 2. The van der Waals surface area contributed by atoms with E-state index in [1.165, 1.54) is 0 Å². The predicted octanol–water partition coefficient (Wildman–Crippen LogP) is 4.77. The first-order chi connectivity index (χ1) is 23.7. The minimum atomic E-state index is -1.28. The van der Waals surface area contributed by atoms with Gasteiger partial charge in [-0.3, -0.25) is 19.2 Å². The van der Waals surface area contributed by atoms with Crippen LogP contribution in [0.1, 0.15) is 93.1 Å². The third-order valence-electron chi connectivity index (χ3n) is 10.3. The number of aliphatic hydroxyl groups is 1. The van der Waals surface area contributed by atoms with E-state index in [1.54, 1.807) is 23.3 Å². The minimum Gasteiger partial charge on any atom is -0.458 e. The molecule has 4 aliphatic rings. The van der Waals surface area contributed by atoms with Crippen molar-refractivity contribution in [2.45, 2.75) is 121 Å². The highest BCUT2D eigenvalue weighted by Gasteiger charge is 2.76. The summed E-state index contributed by atoms with van der Waals surface area (Å²) in [6, 6.07) is 14.0. The molecule has 1 saturated carbocycles. The summed E-state index contributed by atoms with van der Waals surface area (Å²) in [5.74, 6) is -1.96. The standard InChI is InChI=1S/C37H48IN3O8/c1-3-5-7-16-36(17-8-6-4-2)47-29-28-21-37(35(45)40-22-25-10-9-11-26(20-25)33(43)39-18-19-42)31(34(44)46-28)41(49-32(37)30(29)48-36)23-24-12-14-27(38)15-13-24/h9-15,20,28-32,42H,3-8,16-19,21-23H2,1-2H3,(H,39,43)(H,40,45)/t28?,29-,30-,31-,32+,37?/m0/s1. The largest absolute Gasteiger partial charge is 0.458 e. The maximum atomic E-state index is 14.7. The van der Waals surface area contributed by atoms with Crippen LogP contribution in [-0.2, 0) is 41.7 Å². The summed E-state index contributed by atoms with van der Waals surface area (Å²) in [5.41, 5.74) is 0.799. The van der Waals surface area contributed by atoms with Gasteiger partial charge in [0.25, 0.3) is 5.91 Å². The molecule has 3 aliphatic heterocycles. The molecule has 12 heteroatoms. The second-order valence-corrected chi connectivity index (χ2v) is 14.9. The number of unbranched alkanes of at least 4 members (excludes halogenated alkanes) is 4. The predicted molar refractivity (Wildman–Crippen MR) is 189 cm³/mol. The Kier molecular flexibility index (Phi) is 11.6. The second kappa shape index (κ2) is 15.7. The van der Waals surface area contributed by atoms with Gasteiger partial charge in [0.05, 0.1) is 13.2 Å². The van der Waals surface area contributed by atoms with Gasteiger partial charge < -0.3 is 30.0 Å². The van der Waals surface area contributed by atoms with Gasteiger partial charge in [0, 0.05) is 41.5 Å². The number of rotatable bonds is 16. The van der Waals surface area contributed by atoms with E-state index in [0.29, 0.717) is 5.56 Å². The van der Waals surface area contributed by atoms with Gasteiger partial charge in [0.2, 0.25) is 5.91 Å². The maximum Gasteiger partial charge on any atom is 0.327 e. The summed E-state index contributed by atoms with van der Waals surface area (Å²) in [5, 5.41) is 16.5. The van der Waals surface area contributed by atoms with Crippen LogP contribution in [0.5, 0.6) is 0 Å². The normalized spacial score (nSPS) is 28.2. The number of hydroxylamine groups is 2. The molecule has 0 spiro atoms. The molecule has 11 nitrogen and oxygen atoms in total. The number of halogens is 1. The van der Waals surface area contributed by atoms with Gasteiger partial charge >= 0.3 is 5.97 Å². The summed E-state index contributed by atoms with van der Waals surface area (Å²) < 4.78 is 21.0. The van der Waals surface area contributed by atoms with Crippen LogP contribution in [0.25, 0.3) is 0 Å². The number of ether oxygens (including phenoxy) is 3. The van der Waals surface area contributed by atoms with Gasteiger partial charge in [-0.1, -0.05) is 63.8 Å². The fourth-order valence-electron chi connectivity index (χ4n) is 7.91. The average molecular weight is 790 g/mol. The van der Waals surface area contributed by atoms with E-state index < -0.39 is 47.6 Å². The number of carbonyl (C=O) groups is 3. The molecule has 1 aliphatic carbocycles. The van der Waals surface area contributed by atoms with Crippen LogP contribution in [0.2, 0.25) is 0 Å². The van der Waals surface area contributed by atoms with Crippen LogP contribution in [0.4, 0.5) is 0 Å². The van der Waals surface area contributed by atoms with E-state index in [4.69, 9.17) is 24.2 Å². The highest BCUT2D eigenvalue weighted by Crippen LogP contribution is 2.58. The fourth-order valence-corrected chi connectivity index (χ4v) is 8.27. The van der Waals surface area contributed by atoms with Gasteiger partial charge in [-0.15, -0.1) is 0 Å². The molecule has 2 unspecified atom stereocenters. The Morgan fingerprint density at radius 3 is 2.37 bits per heavy atom. The molecule has 6 rings (SSSR count). The maximum absolute atomic E-state index is 14.7. The molecule has 2 aromatic carbocycles. The zero-order valence-electron chi connectivity index (χ0n) is 28.3. The first kappa shape index (κ1) is 36.2. The van der Waals surface area contributed by atoms with E-state index in [1.807, 2.05) is 30.3 Å². The molecule has 3 saturated heterocycles. The summed E-state index contributed by atoms with van der Waals surface area (Å²) >= 11 is 2.25. The summed E-state index contributed by atoms with van der Waals surface area (Å²) in [6.07, 6.45) is 5.25. The highest BCUT2D eigenvalue weighted by atomic mass is 127. The van der Waals surface area contributed by atoms with Crippen molar-refractivity contribution in [2.24, 2.45) is 5.41 Å². The number of fused-ring (bicyclic) bond motifs is 4. The lowest BCUT2D eigenvalue weighted by Gasteiger charge is -2.48. The van der Waals surface area contributed by atoms with Crippen molar-refractivity contribution in [3.05, 3.63) is 68.8 Å². The molecule has 0 radical (unpaired) electrons. The van der Waals surface area contributed by atoms with Crippen LogP contribution >= 0.6 is 22.6 Å². The second-order valence-electron chi connectivity index (χ2n) is 13.7. The molecule has 49 heavy (non-hydrogen) atoms. The first-order valence-electron chi connectivity index (χ1n) is 17.7. The molecule has 3 N–H and O–H groups in total. The van der Waals surface area contributed by atoms with Crippen molar-refractivity contribution in [2.75, 3.05) is 13.2 Å². The van der Waals surface area contributed by atoms with Crippen LogP contribution < -0.4 is 10.6 Å². The summed E-state index contributed by atoms with van der Waals surface area (Å²) in [7, 11) is 0. The average Bonchev–Trinajstić information content (AvgIpc) is 3.66. The van der Waals surface area contributed by atoms with Gasteiger partial charge in [0.1, 0.15) is 29.8 Å². The van der Waals surface area contributed by atoms with Crippen molar-refractivity contribution in [3.63, 3.8) is 0 Å². The topological polar surface area (TPSA) is 136 Å². The number of benzene rings is 2. The van der Waals surface area contributed by atoms with E-state index in [9.17, 15) is 14.4 Å². The highest BCUT2D eigenvalue weighted by molar-refractivity contribution is 14.1. The third kappa shape index (κ3) is 7.41. The smallest absolute Gasteiger partial charge is 0.327 e. The lowest BCUT2D eigenvalue weighted by Crippen LogP contribution is -2.69. The number of hydrogen-bond acceptors (Lipinski definition) is 9. The van der Waals surface area contributed by atoms with Gasteiger partial charge in [-0.25, -0.2) is 0 Å². The molecule has 4 fully saturated rings. The number of aliphatic hydroxyl groups excluding tert-OH is 1. The van der Waals surface area contributed by atoms with Crippen molar-refractivity contribution in [3.8, 4) is 0 Å². The zero-order valence-corrected chi connectivity index (χ0v) is 30.5. The first-order valence-corrected chi connectivity index (χ1v) is 18.8. The number of nitrogens with one attached hydrogen (secondary N) is 2. The zero-order chi connectivity index (χ0) is 34.6. The van der Waals surface area contributed by atoms with Gasteiger partial charge in [0.15, 0.2) is 11.8 Å². The van der Waals surface area contributed by atoms with Crippen LogP contribution in [0, 0.1) is 8.99 Å². The van der Waals surface area contributed by atoms with Gasteiger partial charge in [-0.2, -0.15) is 5.06 Å². The Morgan fingerprint density at radius 2 is 1.67 bits per heavy atom. The fraction of sp³-hybridized carbons (Fsp3) is 0.595. The molecule has 2 aromatic rings. The monoisotopic (exact) mass is 789 g/mol. The third-order valence-corrected chi connectivity index (χ3v) is 11.0. The molecule has 3 heterocycles. The minimum absolute atomic E-state index is 0.140. The van der Waals surface area contributed by atoms with E-state index in [2.05, 4.69) is 47.1 Å². The Morgan fingerprint density at radius 1 is 0.959 bits per heavy atom. The van der Waals surface area contributed by atoms with Crippen molar-refractivity contribution < 1.29 is 38.5 Å². The lowest BCUT2D eigenvalue weighted by molar-refractivity contribution is -0.224. The quantitative estimate of drug-likeness (QED) is 0.125. The van der Waals surface area contributed by atoms with E-state index >= 15 is 0 Å². The van der Waals surface area contributed by atoms with Crippen molar-refractivity contribution >= 4 is 40.4 Å². The van der Waals surface area contributed by atoms with Crippen LogP contribution in [-0.4, -0.2) is 77.3 Å². The molecule has 0 aromatic heterocycles. The molecule has 2 bridgehead atoms. The summed E-state index contributed by atoms with van der Waals surface area (Å²) in [4.78, 5) is 47.9. The lowest BCUT2D eigenvalue weighted by atomic mass is 9.62. The Balaban J connectivity index is 1.31. The van der Waals surface area contributed by atoms with E-state index in [0.717, 1.165) is 66.1 Å². The number of esters is 1. The molecule has 2 amide bonds. The van der Waals surface area contributed by atoms with Gasteiger partial charge in [-0.05, 0) is 70.8 Å². The number of nitrogens with zero attached hydrogens (tertiary/aromatic N) is 1. The Hall–Kier alpha value is -2.62. The molecule has 6 atom stereocenters.